The third kappa shape index (κ3) is 5.34. The third-order valence-corrected chi connectivity index (χ3v) is 5.09. The van der Waals surface area contributed by atoms with Gasteiger partial charge in [-0.3, -0.25) is 4.79 Å². The zero-order valence-corrected chi connectivity index (χ0v) is 16.3. The third-order valence-electron chi connectivity index (χ3n) is 5.09. The lowest BCUT2D eigenvalue weighted by Crippen LogP contribution is -2.38. The Bertz CT molecular complexity index is 680. The number of anilines is 1. The van der Waals surface area contributed by atoms with Crippen molar-refractivity contribution in [2.45, 2.75) is 58.3 Å². The monoisotopic (exact) mass is 369 g/mol. The summed E-state index contributed by atoms with van der Waals surface area (Å²) in [6.45, 7) is 2.85. The Hall–Kier alpha value is -2.30. The van der Waals surface area contributed by atoms with Crippen LogP contribution in [-0.2, 0) is 9.53 Å². The van der Waals surface area contributed by atoms with Gasteiger partial charge in [-0.1, -0.05) is 57.2 Å². The van der Waals surface area contributed by atoms with Crippen LogP contribution in [0.3, 0.4) is 0 Å². The molecule has 146 valence electrons. The normalized spacial score (nSPS) is 19.4. The molecule has 2 N–H and O–H groups in total. The van der Waals surface area contributed by atoms with Crippen molar-refractivity contribution in [2.75, 3.05) is 11.6 Å². The number of ether oxygens (including phenoxy) is 1. The number of rotatable bonds is 11. The first-order valence-corrected chi connectivity index (χ1v) is 10.3. The molecule has 5 heteroatoms. The van der Waals surface area contributed by atoms with Crippen molar-refractivity contribution < 1.29 is 9.53 Å². The van der Waals surface area contributed by atoms with Gasteiger partial charge in [-0.25, -0.2) is 0 Å². The van der Waals surface area contributed by atoms with Gasteiger partial charge in [0.15, 0.2) is 5.78 Å². The Balaban J connectivity index is 1.65. The molecule has 1 aliphatic carbocycles. The molecule has 1 atom stereocenters. The lowest BCUT2D eigenvalue weighted by molar-refractivity contribution is -0.121. The number of nitrogens with zero attached hydrogens (tertiary/aromatic N) is 2. The summed E-state index contributed by atoms with van der Waals surface area (Å²) < 4.78 is 6.06. The number of carbonyl (C=O) groups excluding carboxylic acids is 1. The lowest BCUT2D eigenvalue weighted by Gasteiger charge is -2.28. The second kappa shape index (κ2) is 9.58. The highest BCUT2D eigenvalue weighted by atomic mass is 16.5. The van der Waals surface area contributed by atoms with Crippen LogP contribution >= 0.6 is 0 Å². The van der Waals surface area contributed by atoms with E-state index in [9.17, 15) is 4.79 Å². The quantitative estimate of drug-likeness (QED) is 0.579. The number of hydrogen-bond donors (Lipinski definition) is 1. The maximum Gasteiger partial charge on any atom is 0.212 e. The topological polar surface area (TPSA) is 67.9 Å². The van der Waals surface area contributed by atoms with Gasteiger partial charge in [0.1, 0.15) is 11.8 Å². The minimum atomic E-state index is -0.461. The summed E-state index contributed by atoms with van der Waals surface area (Å²) in [6.07, 6.45) is 11.0. The molecule has 0 aromatic heterocycles. The van der Waals surface area contributed by atoms with E-state index in [0.29, 0.717) is 18.3 Å². The smallest absolute Gasteiger partial charge is 0.212 e. The summed E-state index contributed by atoms with van der Waals surface area (Å²) in [5.74, 6) is 0.815. The molecule has 1 unspecified atom stereocenters. The number of carbonyl (C=O) groups is 1. The molecule has 0 spiro atoms. The predicted octanol–water partition coefficient (Wildman–Crippen LogP) is 4.59. The number of benzene rings is 1. The van der Waals surface area contributed by atoms with Crippen LogP contribution in [0.5, 0.6) is 0 Å². The van der Waals surface area contributed by atoms with Gasteiger partial charge in [0.25, 0.3) is 0 Å². The highest BCUT2D eigenvalue weighted by molar-refractivity contribution is 6.07. The minimum absolute atomic E-state index is 0.142. The Morgan fingerprint density at radius 3 is 2.56 bits per heavy atom. The van der Waals surface area contributed by atoms with E-state index < -0.39 is 5.92 Å². The molecule has 0 bridgehead atoms. The molecule has 0 amide bonds. The zero-order valence-electron chi connectivity index (χ0n) is 16.3. The molecule has 1 aromatic carbocycles. The van der Waals surface area contributed by atoms with Crippen LogP contribution in [0.15, 0.2) is 47.4 Å². The summed E-state index contributed by atoms with van der Waals surface area (Å²) >= 11 is 0. The molecular formula is C22H31N3O2. The van der Waals surface area contributed by atoms with Crippen LogP contribution in [0.2, 0.25) is 0 Å². The van der Waals surface area contributed by atoms with Gasteiger partial charge in [-0.05, 0) is 37.5 Å². The first kappa shape index (κ1) is 19.5. The van der Waals surface area contributed by atoms with E-state index in [1.165, 1.54) is 25.7 Å². The average Bonchev–Trinajstić information content (AvgIpc) is 3.53. The van der Waals surface area contributed by atoms with E-state index in [1.807, 2.05) is 36.4 Å². The number of amidine groups is 1. The summed E-state index contributed by atoms with van der Waals surface area (Å²) in [7, 11) is 0. The van der Waals surface area contributed by atoms with Crippen LogP contribution in [0.1, 0.15) is 58.3 Å². The molecule has 2 aliphatic rings. The van der Waals surface area contributed by atoms with Gasteiger partial charge < -0.3 is 10.5 Å². The molecule has 1 aliphatic heterocycles. The van der Waals surface area contributed by atoms with Crippen molar-refractivity contribution in [1.82, 2.24) is 0 Å². The number of nitrogens with two attached hydrogens (primary N) is 1. The van der Waals surface area contributed by atoms with Crippen LogP contribution < -0.4 is 10.7 Å². The van der Waals surface area contributed by atoms with E-state index in [4.69, 9.17) is 10.5 Å². The lowest BCUT2D eigenvalue weighted by atomic mass is 9.98. The fraction of sp³-hybridized carbons (Fsp3) is 0.545. The summed E-state index contributed by atoms with van der Waals surface area (Å²) in [6, 6.07) is 9.78. The largest absolute Gasteiger partial charge is 0.478 e. The van der Waals surface area contributed by atoms with Gasteiger partial charge in [0.05, 0.1) is 12.3 Å². The van der Waals surface area contributed by atoms with Gasteiger partial charge in [-0.2, -0.15) is 10.1 Å². The summed E-state index contributed by atoms with van der Waals surface area (Å²) in [4.78, 5) is 12.6. The van der Waals surface area contributed by atoms with E-state index in [0.717, 1.165) is 31.4 Å². The molecular weight excluding hydrogens is 338 g/mol. The number of para-hydroxylation sites is 1. The average molecular weight is 370 g/mol. The molecule has 1 saturated carbocycles. The Morgan fingerprint density at radius 1 is 1.15 bits per heavy atom. The Labute approximate surface area is 162 Å². The van der Waals surface area contributed by atoms with Gasteiger partial charge >= 0.3 is 0 Å². The fourth-order valence-electron chi connectivity index (χ4n) is 3.30. The maximum atomic E-state index is 12.6. The number of hydrogen-bond acceptors (Lipinski definition) is 5. The van der Waals surface area contributed by atoms with E-state index in [1.54, 1.807) is 5.01 Å². The van der Waals surface area contributed by atoms with Crippen LogP contribution in [0.4, 0.5) is 5.69 Å². The molecule has 1 fully saturated rings. The van der Waals surface area contributed by atoms with Gasteiger partial charge in [0, 0.05) is 5.92 Å². The molecule has 0 radical (unpaired) electrons. The second-order valence-corrected chi connectivity index (χ2v) is 7.45. The minimum Gasteiger partial charge on any atom is -0.478 e. The predicted molar refractivity (Wildman–Crippen MR) is 109 cm³/mol. The van der Waals surface area contributed by atoms with Crippen molar-refractivity contribution in [3.05, 3.63) is 42.3 Å². The second-order valence-electron chi connectivity index (χ2n) is 7.45. The SMILES string of the molecule is CCCCCCCCOC1=CC(C(=O)C2CC2)C(N)=NN1c1ccccc1. The van der Waals surface area contributed by atoms with Crippen LogP contribution in [-0.4, -0.2) is 18.2 Å². The van der Waals surface area contributed by atoms with Gasteiger partial charge in [0.2, 0.25) is 5.88 Å². The van der Waals surface area contributed by atoms with Crippen molar-refractivity contribution >= 4 is 17.3 Å². The first-order chi connectivity index (χ1) is 13.2. The maximum absolute atomic E-state index is 12.6. The number of unbranched alkanes of at least 4 members (excludes halogenated alkanes) is 5. The molecule has 3 rings (SSSR count). The summed E-state index contributed by atoms with van der Waals surface area (Å²) in [5, 5.41) is 6.21. The molecule has 1 heterocycles. The highest BCUT2D eigenvalue weighted by Gasteiger charge is 2.38. The number of ketones is 1. The van der Waals surface area contributed by atoms with Crippen molar-refractivity contribution in [3.63, 3.8) is 0 Å². The molecule has 1 aromatic rings. The number of Topliss-reactive ketones (excluding diaryl/α,β-unsaturated/α-hetero) is 1. The van der Waals surface area contributed by atoms with Crippen molar-refractivity contribution in [1.29, 1.82) is 0 Å². The Kier molecular flexibility index (Phi) is 6.91. The molecule has 0 saturated heterocycles. The Morgan fingerprint density at radius 2 is 1.85 bits per heavy atom. The standard InChI is InChI=1S/C22H31N3O2/c1-2-3-4-5-6-10-15-27-20-16-19(21(26)17-13-14-17)22(23)24-25(20)18-11-8-7-9-12-18/h7-9,11-12,16-17,19H,2-6,10,13-15H2,1H3,(H2,23,24). The summed E-state index contributed by atoms with van der Waals surface area (Å²) in [5.41, 5.74) is 7.03. The zero-order chi connectivity index (χ0) is 19.1. The van der Waals surface area contributed by atoms with Crippen LogP contribution in [0, 0.1) is 11.8 Å². The highest BCUT2D eigenvalue weighted by Crippen LogP contribution is 2.35. The van der Waals surface area contributed by atoms with E-state index >= 15 is 0 Å². The molecule has 5 nitrogen and oxygen atoms in total. The fourth-order valence-corrected chi connectivity index (χ4v) is 3.30. The molecule has 27 heavy (non-hydrogen) atoms. The number of hydrazone groups is 1. The van der Waals surface area contributed by atoms with Crippen molar-refractivity contribution in [3.8, 4) is 0 Å². The van der Waals surface area contributed by atoms with Gasteiger partial charge in [-0.15, -0.1) is 0 Å². The van der Waals surface area contributed by atoms with Crippen molar-refractivity contribution in [2.24, 2.45) is 22.7 Å². The van der Waals surface area contributed by atoms with E-state index in [-0.39, 0.29) is 11.7 Å². The van der Waals surface area contributed by atoms with E-state index in [2.05, 4.69) is 12.0 Å². The first-order valence-electron chi connectivity index (χ1n) is 10.3. The van der Waals surface area contributed by atoms with Crippen LogP contribution in [0.25, 0.3) is 0 Å².